The van der Waals surface area contributed by atoms with Crippen LogP contribution in [0.25, 0.3) is 0 Å². The molecule has 0 bridgehead atoms. The zero-order valence-corrected chi connectivity index (χ0v) is 19.4. The second-order valence-electron chi connectivity index (χ2n) is 8.81. The molecule has 0 amide bonds. The molecule has 7 nitrogen and oxygen atoms in total. The maximum atomic E-state index is 4.85. The van der Waals surface area contributed by atoms with E-state index in [0.29, 0.717) is 12.0 Å². The fourth-order valence-corrected chi connectivity index (χ4v) is 3.89. The summed E-state index contributed by atoms with van der Waals surface area (Å²) in [4.78, 5) is 7.40. The number of nitrogens with one attached hydrogen (secondary N) is 2. The minimum Gasteiger partial charge on any atom is -0.355 e. The molecule has 1 aromatic carbocycles. The molecular weight excluding hydrogens is 386 g/mol. The molecule has 2 heterocycles. The van der Waals surface area contributed by atoms with Crippen molar-refractivity contribution in [2.75, 3.05) is 26.2 Å². The van der Waals surface area contributed by atoms with Crippen molar-refractivity contribution in [2.24, 2.45) is 10.9 Å². The predicted octanol–water partition coefficient (Wildman–Crippen LogP) is 3.09. The van der Waals surface area contributed by atoms with Gasteiger partial charge in [-0.2, -0.15) is 0 Å². The molecular formula is C24H39N7. The number of aliphatic imine (C=N–C) groups is 1. The molecule has 1 aromatic heterocycles. The van der Waals surface area contributed by atoms with Gasteiger partial charge in [0.25, 0.3) is 0 Å². The lowest BCUT2D eigenvalue weighted by Gasteiger charge is -2.33. The second kappa shape index (κ2) is 12.4. The summed E-state index contributed by atoms with van der Waals surface area (Å²) in [5.41, 5.74) is 1.40. The molecule has 0 unspecified atom stereocenters. The molecule has 0 atom stereocenters. The molecule has 2 N–H and O–H groups in total. The Morgan fingerprint density at radius 2 is 1.97 bits per heavy atom. The van der Waals surface area contributed by atoms with Gasteiger partial charge >= 0.3 is 0 Å². The maximum Gasteiger partial charge on any atom is 0.191 e. The SMILES string of the molecule is CCc1nncn1CCNC(=NCCC(C)C)NC1CCN(Cc2ccccc2)CC1. The minimum absolute atomic E-state index is 0.471. The van der Waals surface area contributed by atoms with Crippen molar-refractivity contribution in [3.05, 3.63) is 48.0 Å². The molecule has 1 aliphatic heterocycles. The highest BCUT2D eigenvalue weighted by molar-refractivity contribution is 5.80. The molecule has 0 aliphatic carbocycles. The zero-order chi connectivity index (χ0) is 21.9. The first-order valence-electron chi connectivity index (χ1n) is 11.8. The van der Waals surface area contributed by atoms with Crippen molar-refractivity contribution in [3.63, 3.8) is 0 Å². The van der Waals surface area contributed by atoms with E-state index < -0.39 is 0 Å². The Balaban J connectivity index is 1.47. The van der Waals surface area contributed by atoms with Crippen LogP contribution in [0.15, 0.2) is 41.7 Å². The average Bonchev–Trinajstić information content (AvgIpc) is 3.23. The molecule has 0 saturated carbocycles. The van der Waals surface area contributed by atoms with Crippen LogP contribution in [-0.4, -0.2) is 57.8 Å². The van der Waals surface area contributed by atoms with E-state index in [4.69, 9.17) is 4.99 Å². The number of guanidine groups is 1. The quantitative estimate of drug-likeness (QED) is 0.452. The van der Waals surface area contributed by atoms with E-state index in [1.54, 1.807) is 0 Å². The van der Waals surface area contributed by atoms with Crippen LogP contribution in [0.4, 0.5) is 0 Å². The summed E-state index contributed by atoms with van der Waals surface area (Å²) < 4.78 is 2.11. The summed E-state index contributed by atoms with van der Waals surface area (Å²) in [5, 5.41) is 15.4. The smallest absolute Gasteiger partial charge is 0.191 e. The van der Waals surface area contributed by atoms with Gasteiger partial charge < -0.3 is 15.2 Å². The number of benzene rings is 1. The molecule has 1 fully saturated rings. The van der Waals surface area contributed by atoms with Crippen LogP contribution in [0.3, 0.4) is 0 Å². The van der Waals surface area contributed by atoms with Crippen LogP contribution in [0.1, 0.15) is 51.4 Å². The Kier molecular flexibility index (Phi) is 9.34. The van der Waals surface area contributed by atoms with Crippen molar-refractivity contribution >= 4 is 5.96 Å². The average molecular weight is 426 g/mol. The van der Waals surface area contributed by atoms with Gasteiger partial charge in [0.15, 0.2) is 5.96 Å². The van der Waals surface area contributed by atoms with E-state index in [1.807, 2.05) is 6.33 Å². The van der Waals surface area contributed by atoms with E-state index in [1.165, 1.54) is 5.56 Å². The largest absolute Gasteiger partial charge is 0.355 e. The van der Waals surface area contributed by atoms with Gasteiger partial charge in [-0.15, -0.1) is 10.2 Å². The lowest BCUT2D eigenvalue weighted by atomic mass is 10.0. The highest BCUT2D eigenvalue weighted by Gasteiger charge is 2.20. The van der Waals surface area contributed by atoms with Crippen molar-refractivity contribution in [1.29, 1.82) is 0 Å². The lowest BCUT2D eigenvalue weighted by Crippen LogP contribution is -2.49. The molecule has 0 spiro atoms. The van der Waals surface area contributed by atoms with E-state index in [0.717, 1.165) is 76.7 Å². The maximum absolute atomic E-state index is 4.85. The summed E-state index contributed by atoms with van der Waals surface area (Å²) >= 11 is 0. The van der Waals surface area contributed by atoms with Gasteiger partial charge in [-0.3, -0.25) is 9.89 Å². The molecule has 3 rings (SSSR count). The topological polar surface area (TPSA) is 70.4 Å². The van der Waals surface area contributed by atoms with E-state index in [2.05, 4.69) is 81.4 Å². The lowest BCUT2D eigenvalue weighted by molar-refractivity contribution is 0.198. The van der Waals surface area contributed by atoms with E-state index >= 15 is 0 Å². The number of aromatic nitrogens is 3. The fraction of sp³-hybridized carbons (Fsp3) is 0.625. The van der Waals surface area contributed by atoms with Crippen molar-refractivity contribution in [3.8, 4) is 0 Å². The van der Waals surface area contributed by atoms with Crippen LogP contribution in [0.5, 0.6) is 0 Å². The van der Waals surface area contributed by atoms with Crippen LogP contribution in [0.2, 0.25) is 0 Å². The van der Waals surface area contributed by atoms with Crippen molar-refractivity contribution in [2.45, 2.75) is 65.6 Å². The Morgan fingerprint density at radius 1 is 1.19 bits per heavy atom. The summed E-state index contributed by atoms with van der Waals surface area (Å²) in [6.45, 7) is 12.4. The summed E-state index contributed by atoms with van der Waals surface area (Å²) in [6, 6.07) is 11.2. The first kappa shape index (κ1) is 23.3. The number of likely N-dealkylation sites (tertiary alicyclic amines) is 1. The third kappa shape index (κ3) is 7.98. The molecule has 170 valence electrons. The normalized spacial score (nSPS) is 16.1. The molecule has 0 radical (unpaired) electrons. The van der Waals surface area contributed by atoms with Crippen LogP contribution in [-0.2, 0) is 19.5 Å². The first-order chi connectivity index (χ1) is 15.1. The highest BCUT2D eigenvalue weighted by atomic mass is 15.3. The highest BCUT2D eigenvalue weighted by Crippen LogP contribution is 2.14. The summed E-state index contributed by atoms with van der Waals surface area (Å²) in [6.07, 6.45) is 6.10. The molecule has 2 aromatic rings. The van der Waals surface area contributed by atoms with Gasteiger partial charge in [0.1, 0.15) is 12.2 Å². The monoisotopic (exact) mass is 425 g/mol. The van der Waals surface area contributed by atoms with Crippen LogP contribution < -0.4 is 10.6 Å². The van der Waals surface area contributed by atoms with Gasteiger partial charge in [-0.05, 0) is 30.7 Å². The second-order valence-corrected chi connectivity index (χ2v) is 8.81. The fourth-order valence-electron chi connectivity index (χ4n) is 3.89. The molecule has 31 heavy (non-hydrogen) atoms. The van der Waals surface area contributed by atoms with Crippen molar-refractivity contribution in [1.82, 2.24) is 30.3 Å². The number of piperidine rings is 1. The van der Waals surface area contributed by atoms with Gasteiger partial charge in [-0.1, -0.05) is 51.1 Å². The summed E-state index contributed by atoms with van der Waals surface area (Å²) in [5.74, 6) is 2.63. The Hall–Kier alpha value is -2.41. The van der Waals surface area contributed by atoms with E-state index in [9.17, 15) is 0 Å². The number of rotatable bonds is 10. The molecule has 1 aliphatic rings. The Bertz CT molecular complexity index is 776. The van der Waals surface area contributed by atoms with Crippen LogP contribution in [0, 0.1) is 5.92 Å². The minimum atomic E-state index is 0.471. The van der Waals surface area contributed by atoms with E-state index in [-0.39, 0.29) is 0 Å². The van der Waals surface area contributed by atoms with Crippen molar-refractivity contribution < 1.29 is 0 Å². The Morgan fingerprint density at radius 3 is 2.68 bits per heavy atom. The number of nitrogens with zero attached hydrogens (tertiary/aromatic N) is 5. The number of hydrogen-bond acceptors (Lipinski definition) is 4. The van der Waals surface area contributed by atoms with Gasteiger partial charge in [0.2, 0.25) is 0 Å². The first-order valence-corrected chi connectivity index (χ1v) is 11.8. The molecule has 7 heteroatoms. The van der Waals surface area contributed by atoms with Gasteiger partial charge in [0.05, 0.1) is 0 Å². The number of hydrogen-bond donors (Lipinski definition) is 2. The predicted molar refractivity (Wildman–Crippen MR) is 127 cm³/mol. The van der Waals surface area contributed by atoms with Gasteiger partial charge in [-0.25, -0.2) is 0 Å². The van der Waals surface area contributed by atoms with Gasteiger partial charge in [0, 0.05) is 51.7 Å². The Labute approximate surface area is 187 Å². The number of aryl methyl sites for hydroxylation is 1. The third-order valence-corrected chi connectivity index (χ3v) is 5.81. The summed E-state index contributed by atoms with van der Waals surface area (Å²) in [7, 11) is 0. The standard InChI is InChI=1S/C24H39N7/c1-4-23-29-27-19-31(23)17-14-26-24(25-13-10-20(2)3)28-22-11-15-30(16-12-22)18-21-8-6-5-7-9-21/h5-9,19-20,22H,4,10-18H2,1-3H3,(H2,25,26,28). The third-order valence-electron chi connectivity index (χ3n) is 5.81. The van der Waals surface area contributed by atoms with Crippen LogP contribution >= 0.6 is 0 Å². The molecule has 1 saturated heterocycles. The zero-order valence-electron chi connectivity index (χ0n) is 19.4.